The predicted octanol–water partition coefficient (Wildman–Crippen LogP) is 3.79. The van der Waals surface area contributed by atoms with Crippen LogP contribution in [-0.4, -0.2) is 14.7 Å². The summed E-state index contributed by atoms with van der Waals surface area (Å²) in [4.78, 5) is 10.5. The zero-order valence-electron chi connectivity index (χ0n) is 10.1. The monoisotopic (exact) mass is 299 g/mol. The molecule has 1 unspecified atom stereocenters. The van der Waals surface area contributed by atoms with Gasteiger partial charge in [0.05, 0.1) is 28.6 Å². The SMILES string of the molecule is CC(Cl)c1cnn(Cc2ccc(Cl)cc2[N+](=O)[O-])c1. The molecule has 1 aromatic carbocycles. The highest BCUT2D eigenvalue weighted by atomic mass is 35.5. The Bertz CT molecular complexity index is 611. The number of nitro benzene ring substituents is 1. The summed E-state index contributed by atoms with van der Waals surface area (Å²) in [5.41, 5.74) is 1.41. The molecule has 1 atom stereocenters. The van der Waals surface area contributed by atoms with Crippen molar-refractivity contribution >= 4 is 28.9 Å². The van der Waals surface area contributed by atoms with Gasteiger partial charge in [0.1, 0.15) is 0 Å². The number of alkyl halides is 1. The van der Waals surface area contributed by atoms with Crippen molar-refractivity contribution < 1.29 is 4.92 Å². The number of rotatable bonds is 4. The van der Waals surface area contributed by atoms with E-state index in [-0.39, 0.29) is 11.1 Å². The summed E-state index contributed by atoms with van der Waals surface area (Å²) in [7, 11) is 0. The second-order valence-electron chi connectivity index (χ2n) is 4.12. The Balaban J connectivity index is 2.29. The van der Waals surface area contributed by atoms with Gasteiger partial charge in [-0.3, -0.25) is 14.8 Å². The molecule has 2 aromatic rings. The summed E-state index contributed by atoms with van der Waals surface area (Å²) < 4.78 is 1.62. The van der Waals surface area contributed by atoms with Crippen LogP contribution in [0.2, 0.25) is 5.02 Å². The van der Waals surface area contributed by atoms with Crippen LogP contribution in [0.15, 0.2) is 30.6 Å². The molecule has 0 aliphatic heterocycles. The van der Waals surface area contributed by atoms with Crippen molar-refractivity contribution in [2.24, 2.45) is 0 Å². The molecular weight excluding hydrogens is 289 g/mol. The predicted molar refractivity (Wildman–Crippen MR) is 73.7 cm³/mol. The molecule has 5 nitrogen and oxygen atoms in total. The van der Waals surface area contributed by atoms with Gasteiger partial charge in [0.15, 0.2) is 0 Å². The van der Waals surface area contributed by atoms with E-state index in [4.69, 9.17) is 23.2 Å². The first-order valence-corrected chi connectivity index (χ1v) is 6.38. The Labute approximate surface area is 119 Å². The number of hydrogen-bond acceptors (Lipinski definition) is 3. The van der Waals surface area contributed by atoms with Gasteiger partial charge in [-0.25, -0.2) is 0 Å². The Morgan fingerprint density at radius 2 is 2.26 bits per heavy atom. The van der Waals surface area contributed by atoms with Gasteiger partial charge in [-0.1, -0.05) is 11.6 Å². The number of nitro groups is 1. The van der Waals surface area contributed by atoms with Crippen LogP contribution in [0.1, 0.15) is 23.4 Å². The summed E-state index contributed by atoms with van der Waals surface area (Å²) in [5.74, 6) is 0. The first-order valence-electron chi connectivity index (χ1n) is 5.56. The molecule has 0 radical (unpaired) electrons. The van der Waals surface area contributed by atoms with Gasteiger partial charge in [0.25, 0.3) is 5.69 Å². The van der Waals surface area contributed by atoms with Gasteiger partial charge in [-0.2, -0.15) is 5.10 Å². The maximum atomic E-state index is 11.0. The number of nitrogens with zero attached hydrogens (tertiary/aromatic N) is 3. The molecule has 0 N–H and O–H groups in total. The van der Waals surface area contributed by atoms with Gasteiger partial charge >= 0.3 is 0 Å². The van der Waals surface area contributed by atoms with E-state index in [2.05, 4.69) is 5.10 Å². The first kappa shape index (κ1) is 13.8. The fourth-order valence-electron chi connectivity index (χ4n) is 1.69. The molecule has 19 heavy (non-hydrogen) atoms. The van der Waals surface area contributed by atoms with E-state index in [1.165, 1.54) is 6.07 Å². The lowest BCUT2D eigenvalue weighted by atomic mass is 10.2. The molecule has 1 aromatic heterocycles. The molecule has 1 heterocycles. The Kier molecular flexibility index (Phi) is 4.07. The normalized spacial score (nSPS) is 12.4. The van der Waals surface area contributed by atoms with E-state index in [1.807, 2.05) is 6.92 Å². The molecule has 0 aliphatic carbocycles. The average Bonchev–Trinajstić information content (AvgIpc) is 2.80. The van der Waals surface area contributed by atoms with Gasteiger partial charge in [-0.15, -0.1) is 11.6 Å². The van der Waals surface area contributed by atoms with Crippen LogP contribution in [0, 0.1) is 10.1 Å². The fourth-order valence-corrected chi connectivity index (χ4v) is 1.97. The summed E-state index contributed by atoms with van der Waals surface area (Å²) in [6, 6.07) is 4.59. The average molecular weight is 300 g/mol. The number of halogens is 2. The Hall–Kier alpha value is -1.59. The van der Waals surface area contributed by atoms with Crippen molar-refractivity contribution in [1.82, 2.24) is 9.78 Å². The van der Waals surface area contributed by atoms with Crippen LogP contribution >= 0.6 is 23.2 Å². The molecule has 100 valence electrons. The molecule has 0 saturated heterocycles. The minimum atomic E-state index is -0.449. The third kappa shape index (κ3) is 3.24. The van der Waals surface area contributed by atoms with Gasteiger partial charge < -0.3 is 0 Å². The van der Waals surface area contributed by atoms with E-state index in [0.717, 1.165) is 5.56 Å². The first-order chi connectivity index (χ1) is 8.97. The van der Waals surface area contributed by atoms with Gasteiger partial charge in [0, 0.05) is 22.8 Å². The fraction of sp³-hybridized carbons (Fsp3) is 0.250. The molecule has 0 saturated carbocycles. The quantitative estimate of drug-likeness (QED) is 0.490. The van der Waals surface area contributed by atoms with Crippen molar-refractivity contribution in [2.75, 3.05) is 0 Å². The summed E-state index contributed by atoms with van der Waals surface area (Å²) in [5, 5.41) is 15.3. The van der Waals surface area contributed by atoms with E-state index >= 15 is 0 Å². The second-order valence-corrected chi connectivity index (χ2v) is 5.21. The molecule has 0 aliphatic rings. The molecule has 0 fully saturated rings. The zero-order valence-corrected chi connectivity index (χ0v) is 11.6. The van der Waals surface area contributed by atoms with Crippen LogP contribution in [0.3, 0.4) is 0 Å². The second kappa shape index (κ2) is 5.59. The minimum absolute atomic E-state index is 0.0107. The highest BCUT2D eigenvalue weighted by molar-refractivity contribution is 6.30. The smallest absolute Gasteiger partial charge is 0.268 e. The van der Waals surface area contributed by atoms with Crippen molar-refractivity contribution in [3.63, 3.8) is 0 Å². The molecule has 2 rings (SSSR count). The summed E-state index contributed by atoms with van der Waals surface area (Å²) in [6.07, 6.45) is 3.43. The minimum Gasteiger partial charge on any atom is -0.268 e. The van der Waals surface area contributed by atoms with Crippen molar-refractivity contribution in [3.05, 3.63) is 56.9 Å². The lowest BCUT2D eigenvalue weighted by Gasteiger charge is -2.04. The van der Waals surface area contributed by atoms with Crippen molar-refractivity contribution in [2.45, 2.75) is 18.8 Å². The molecular formula is C12H11Cl2N3O2. The van der Waals surface area contributed by atoms with Crippen LogP contribution in [0.5, 0.6) is 0 Å². The zero-order chi connectivity index (χ0) is 14.0. The van der Waals surface area contributed by atoms with Crippen molar-refractivity contribution in [1.29, 1.82) is 0 Å². The lowest BCUT2D eigenvalue weighted by Crippen LogP contribution is -2.03. The molecule has 0 bridgehead atoms. The third-order valence-electron chi connectivity index (χ3n) is 2.69. The lowest BCUT2D eigenvalue weighted by molar-refractivity contribution is -0.385. The molecule has 7 heteroatoms. The van der Waals surface area contributed by atoms with E-state index in [0.29, 0.717) is 17.1 Å². The van der Waals surface area contributed by atoms with Crippen molar-refractivity contribution in [3.8, 4) is 0 Å². The number of benzene rings is 1. The maximum absolute atomic E-state index is 11.0. The Morgan fingerprint density at radius 1 is 1.53 bits per heavy atom. The highest BCUT2D eigenvalue weighted by Crippen LogP contribution is 2.24. The standard InChI is InChI=1S/C12H11Cl2N3O2/c1-8(13)10-5-15-16(7-10)6-9-2-3-11(14)4-12(9)17(18)19/h2-5,7-8H,6H2,1H3. The van der Waals surface area contributed by atoms with Gasteiger partial charge in [-0.05, 0) is 19.1 Å². The third-order valence-corrected chi connectivity index (χ3v) is 3.18. The van der Waals surface area contributed by atoms with E-state index in [9.17, 15) is 10.1 Å². The number of aromatic nitrogens is 2. The highest BCUT2D eigenvalue weighted by Gasteiger charge is 2.15. The number of hydrogen-bond donors (Lipinski definition) is 0. The summed E-state index contributed by atoms with van der Waals surface area (Å²) in [6.45, 7) is 2.14. The van der Waals surface area contributed by atoms with Gasteiger partial charge in [0.2, 0.25) is 0 Å². The van der Waals surface area contributed by atoms with E-state index in [1.54, 1.807) is 29.2 Å². The van der Waals surface area contributed by atoms with Crippen LogP contribution < -0.4 is 0 Å². The summed E-state index contributed by atoms with van der Waals surface area (Å²) >= 11 is 11.7. The Morgan fingerprint density at radius 3 is 2.84 bits per heavy atom. The topological polar surface area (TPSA) is 61.0 Å². The molecule has 0 amide bonds. The maximum Gasteiger partial charge on any atom is 0.275 e. The molecule has 0 spiro atoms. The van der Waals surface area contributed by atoms with E-state index < -0.39 is 4.92 Å². The largest absolute Gasteiger partial charge is 0.275 e. The van der Waals surface area contributed by atoms with Crippen LogP contribution in [-0.2, 0) is 6.54 Å². The van der Waals surface area contributed by atoms with Crippen LogP contribution in [0.25, 0.3) is 0 Å². The van der Waals surface area contributed by atoms with Crippen LogP contribution in [0.4, 0.5) is 5.69 Å².